The van der Waals surface area contributed by atoms with Crippen molar-refractivity contribution in [3.8, 4) is 5.75 Å². The van der Waals surface area contributed by atoms with Crippen LogP contribution in [0.15, 0.2) is 30.9 Å². The van der Waals surface area contributed by atoms with E-state index in [9.17, 15) is 4.79 Å². The Labute approximate surface area is 95.9 Å². The molecule has 1 aliphatic rings. The zero-order valence-corrected chi connectivity index (χ0v) is 9.48. The van der Waals surface area contributed by atoms with Crippen LogP contribution in [0.5, 0.6) is 5.75 Å². The van der Waals surface area contributed by atoms with E-state index in [1.165, 1.54) is 5.56 Å². The SMILES string of the molecule is C=CC1CCc2cc(OC)ccc2C1C=O. The van der Waals surface area contributed by atoms with Gasteiger partial charge in [-0.25, -0.2) is 0 Å². The normalized spacial score (nSPS) is 23.3. The average Bonchev–Trinajstić information content (AvgIpc) is 2.36. The highest BCUT2D eigenvalue weighted by molar-refractivity contribution is 5.65. The Morgan fingerprint density at radius 3 is 2.94 bits per heavy atom. The molecule has 2 atom stereocenters. The van der Waals surface area contributed by atoms with Crippen LogP contribution in [0, 0.1) is 5.92 Å². The van der Waals surface area contributed by atoms with Gasteiger partial charge in [-0.05, 0) is 42.0 Å². The fraction of sp³-hybridized carbons (Fsp3) is 0.357. The summed E-state index contributed by atoms with van der Waals surface area (Å²) in [5, 5.41) is 0. The molecule has 0 bridgehead atoms. The van der Waals surface area contributed by atoms with Gasteiger partial charge in [-0.15, -0.1) is 6.58 Å². The summed E-state index contributed by atoms with van der Waals surface area (Å²) in [4.78, 5) is 11.2. The van der Waals surface area contributed by atoms with Crippen molar-refractivity contribution >= 4 is 6.29 Å². The molecular formula is C14H16O2. The first-order valence-electron chi connectivity index (χ1n) is 5.54. The van der Waals surface area contributed by atoms with Gasteiger partial charge in [0.25, 0.3) is 0 Å². The predicted octanol–water partition coefficient (Wildman–Crippen LogP) is 2.73. The Morgan fingerprint density at radius 2 is 2.31 bits per heavy atom. The third-order valence-electron chi connectivity index (χ3n) is 3.37. The fourth-order valence-corrected chi connectivity index (χ4v) is 2.42. The summed E-state index contributed by atoms with van der Waals surface area (Å²) in [7, 11) is 1.66. The van der Waals surface area contributed by atoms with Gasteiger partial charge in [-0.3, -0.25) is 0 Å². The zero-order valence-electron chi connectivity index (χ0n) is 9.48. The van der Waals surface area contributed by atoms with Gasteiger partial charge in [-0.2, -0.15) is 0 Å². The Morgan fingerprint density at radius 1 is 1.50 bits per heavy atom. The number of allylic oxidation sites excluding steroid dienone is 1. The molecule has 2 rings (SSSR count). The van der Waals surface area contributed by atoms with Crippen LogP contribution >= 0.6 is 0 Å². The van der Waals surface area contributed by atoms with Gasteiger partial charge < -0.3 is 9.53 Å². The molecular weight excluding hydrogens is 200 g/mol. The summed E-state index contributed by atoms with van der Waals surface area (Å²) < 4.78 is 5.19. The van der Waals surface area contributed by atoms with Gasteiger partial charge >= 0.3 is 0 Å². The minimum absolute atomic E-state index is 0.0350. The smallest absolute Gasteiger partial charge is 0.128 e. The third kappa shape index (κ3) is 1.75. The second kappa shape index (κ2) is 4.52. The van der Waals surface area contributed by atoms with E-state index in [1.807, 2.05) is 24.3 Å². The van der Waals surface area contributed by atoms with E-state index in [0.717, 1.165) is 30.4 Å². The molecule has 0 radical (unpaired) electrons. The molecule has 0 aromatic heterocycles. The van der Waals surface area contributed by atoms with E-state index in [-0.39, 0.29) is 11.8 Å². The molecule has 0 aliphatic heterocycles. The van der Waals surface area contributed by atoms with Crippen molar-refractivity contribution in [3.05, 3.63) is 42.0 Å². The molecule has 1 aromatic carbocycles. The zero-order chi connectivity index (χ0) is 11.5. The Hall–Kier alpha value is -1.57. The summed E-state index contributed by atoms with van der Waals surface area (Å²) >= 11 is 0. The number of rotatable bonds is 3. The van der Waals surface area contributed by atoms with Crippen LogP contribution in [0.2, 0.25) is 0 Å². The minimum atomic E-state index is -0.0350. The van der Waals surface area contributed by atoms with Gasteiger partial charge in [0.15, 0.2) is 0 Å². The van der Waals surface area contributed by atoms with Gasteiger partial charge in [0.1, 0.15) is 12.0 Å². The average molecular weight is 216 g/mol. The van der Waals surface area contributed by atoms with Crippen molar-refractivity contribution in [1.82, 2.24) is 0 Å². The molecule has 0 saturated heterocycles. The number of fused-ring (bicyclic) bond motifs is 1. The monoisotopic (exact) mass is 216 g/mol. The van der Waals surface area contributed by atoms with Gasteiger partial charge in [-0.1, -0.05) is 12.1 Å². The molecule has 0 amide bonds. The van der Waals surface area contributed by atoms with Gasteiger partial charge in [0.2, 0.25) is 0 Å². The number of methoxy groups -OCH3 is 1. The lowest BCUT2D eigenvalue weighted by Crippen LogP contribution is -2.20. The molecule has 2 heteroatoms. The maximum atomic E-state index is 11.2. The quantitative estimate of drug-likeness (QED) is 0.573. The molecule has 0 heterocycles. The predicted molar refractivity (Wildman–Crippen MR) is 63.8 cm³/mol. The maximum absolute atomic E-state index is 11.2. The topological polar surface area (TPSA) is 26.3 Å². The third-order valence-corrected chi connectivity index (χ3v) is 3.37. The first kappa shape index (κ1) is 10.9. The molecule has 1 aromatic rings. The van der Waals surface area contributed by atoms with Crippen molar-refractivity contribution in [3.63, 3.8) is 0 Å². The molecule has 0 fully saturated rings. The molecule has 84 valence electrons. The lowest BCUT2D eigenvalue weighted by atomic mass is 9.76. The standard InChI is InChI=1S/C14H16O2/c1-3-10-4-5-11-8-12(16-2)6-7-13(11)14(10)9-15/h3,6-10,14H,1,4-5H2,2H3. The van der Waals surface area contributed by atoms with E-state index in [4.69, 9.17) is 4.74 Å². The van der Waals surface area contributed by atoms with Crippen LogP contribution in [0.1, 0.15) is 23.5 Å². The molecule has 0 N–H and O–H groups in total. The van der Waals surface area contributed by atoms with E-state index >= 15 is 0 Å². The first-order valence-corrected chi connectivity index (χ1v) is 5.54. The van der Waals surface area contributed by atoms with Crippen molar-refractivity contribution in [2.24, 2.45) is 5.92 Å². The number of ether oxygens (including phenoxy) is 1. The van der Waals surface area contributed by atoms with Gasteiger partial charge in [0, 0.05) is 5.92 Å². The molecule has 0 spiro atoms. The van der Waals surface area contributed by atoms with E-state index in [0.29, 0.717) is 0 Å². The highest BCUT2D eigenvalue weighted by atomic mass is 16.5. The summed E-state index contributed by atoms with van der Waals surface area (Å²) in [5.74, 6) is 1.10. The highest BCUT2D eigenvalue weighted by Crippen LogP contribution is 2.36. The fourth-order valence-electron chi connectivity index (χ4n) is 2.42. The van der Waals surface area contributed by atoms with Crippen LogP contribution in [0.3, 0.4) is 0 Å². The number of carbonyl (C=O) groups is 1. The highest BCUT2D eigenvalue weighted by Gasteiger charge is 2.27. The summed E-state index contributed by atoms with van der Waals surface area (Å²) in [5.41, 5.74) is 2.36. The lowest BCUT2D eigenvalue weighted by Gasteiger charge is -2.28. The van der Waals surface area contributed by atoms with Crippen molar-refractivity contribution in [2.75, 3.05) is 7.11 Å². The van der Waals surface area contributed by atoms with Crippen LogP contribution in [0.25, 0.3) is 0 Å². The lowest BCUT2D eigenvalue weighted by molar-refractivity contribution is -0.109. The van der Waals surface area contributed by atoms with Crippen molar-refractivity contribution < 1.29 is 9.53 Å². The van der Waals surface area contributed by atoms with Crippen molar-refractivity contribution in [1.29, 1.82) is 0 Å². The molecule has 16 heavy (non-hydrogen) atoms. The number of carbonyl (C=O) groups excluding carboxylic acids is 1. The van der Waals surface area contributed by atoms with E-state index < -0.39 is 0 Å². The molecule has 1 aliphatic carbocycles. The Kier molecular flexibility index (Phi) is 3.09. The summed E-state index contributed by atoms with van der Waals surface area (Å²) in [6, 6.07) is 5.95. The number of hydrogen-bond donors (Lipinski definition) is 0. The van der Waals surface area contributed by atoms with E-state index in [2.05, 4.69) is 6.58 Å². The number of hydrogen-bond acceptors (Lipinski definition) is 2. The molecule has 2 unspecified atom stereocenters. The largest absolute Gasteiger partial charge is 0.497 e. The van der Waals surface area contributed by atoms with Crippen LogP contribution in [-0.2, 0) is 11.2 Å². The number of benzene rings is 1. The molecule has 0 saturated carbocycles. The Balaban J connectivity index is 2.42. The minimum Gasteiger partial charge on any atom is -0.497 e. The first-order chi connectivity index (χ1) is 7.80. The van der Waals surface area contributed by atoms with E-state index in [1.54, 1.807) is 7.11 Å². The Bertz CT molecular complexity index is 409. The summed E-state index contributed by atoms with van der Waals surface area (Å²) in [6.45, 7) is 3.81. The second-order valence-corrected chi connectivity index (χ2v) is 4.16. The second-order valence-electron chi connectivity index (χ2n) is 4.16. The number of aldehydes is 1. The number of aryl methyl sites for hydroxylation is 1. The van der Waals surface area contributed by atoms with Crippen LogP contribution < -0.4 is 4.74 Å². The maximum Gasteiger partial charge on any atom is 0.128 e. The van der Waals surface area contributed by atoms with Crippen LogP contribution in [0.4, 0.5) is 0 Å². The molecule has 2 nitrogen and oxygen atoms in total. The van der Waals surface area contributed by atoms with Gasteiger partial charge in [0.05, 0.1) is 7.11 Å². The van der Waals surface area contributed by atoms with Crippen LogP contribution in [-0.4, -0.2) is 13.4 Å². The van der Waals surface area contributed by atoms with Crippen molar-refractivity contribution in [2.45, 2.75) is 18.8 Å². The summed E-state index contributed by atoms with van der Waals surface area (Å²) in [6.07, 6.45) is 4.92.